The molecule has 178 valence electrons. The van der Waals surface area contributed by atoms with Crippen LogP contribution >= 0.6 is 0 Å². The Labute approximate surface area is 196 Å². The third-order valence-electron chi connectivity index (χ3n) is 5.79. The van der Waals surface area contributed by atoms with E-state index in [1.165, 1.54) is 60.7 Å². The molecular formula is C25H23F2NO5S. The molecule has 4 rings (SSSR count). The number of amides is 1. The second kappa shape index (κ2) is 9.52. The molecule has 0 aromatic heterocycles. The van der Waals surface area contributed by atoms with Gasteiger partial charge in [-0.3, -0.25) is 4.79 Å². The maximum Gasteiger partial charge on any atom is 0.306 e. The van der Waals surface area contributed by atoms with Crippen LogP contribution in [-0.2, 0) is 14.9 Å². The fraction of sp³-hybridized carbons (Fsp3) is 0.240. The molecule has 1 heterocycles. The Balaban J connectivity index is 1.56. The lowest BCUT2D eigenvalue weighted by Gasteiger charge is -2.48. The van der Waals surface area contributed by atoms with Crippen molar-refractivity contribution in [1.29, 1.82) is 0 Å². The average molecular weight is 488 g/mol. The molecule has 6 nitrogen and oxygen atoms in total. The van der Waals surface area contributed by atoms with Gasteiger partial charge in [0.2, 0.25) is 5.91 Å². The normalized spacial score (nSPS) is 18.9. The van der Waals surface area contributed by atoms with Crippen LogP contribution in [0, 0.1) is 17.6 Å². The molecule has 0 spiro atoms. The number of anilines is 1. The van der Waals surface area contributed by atoms with E-state index < -0.39 is 39.8 Å². The quantitative estimate of drug-likeness (QED) is 0.373. The van der Waals surface area contributed by atoms with Gasteiger partial charge >= 0.3 is 10.1 Å². The topological polar surface area (TPSA) is 83.9 Å². The van der Waals surface area contributed by atoms with E-state index in [-0.39, 0.29) is 18.1 Å². The standard InChI is InChI=1S/C25H23F2NO5S/c1-34(31,32)33-21-12-4-17(5-13-21)24-22(14-15-23(29)16-2-6-18(26)7-3-16)25(30)28(24)20-10-8-19(27)9-11-20/h2-13,22-24,29H,14-15H2,1H3/t22-,23+,24-/m1/s1. The fourth-order valence-corrected chi connectivity index (χ4v) is 4.65. The molecular weight excluding hydrogens is 464 g/mol. The first-order valence-corrected chi connectivity index (χ1v) is 12.5. The van der Waals surface area contributed by atoms with Gasteiger partial charge in [-0.2, -0.15) is 8.42 Å². The molecule has 1 aliphatic rings. The second-order valence-electron chi connectivity index (χ2n) is 8.24. The molecule has 1 saturated heterocycles. The molecule has 34 heavy (non-hydrogen) atoms. The van der Waals surface area contributed by atoms with E-state index in [0.29, 0.717) is 17.7 Å². The van der Waals surface area contributed by atoms with Gasteiger partial charge in [0.15, 0.2) is 0 Å². The molecule has 0 unspecified atom stereocenters. The maximum atomic E-state index is 13.4. The summed E-state index contributed by atoms with van der Waals surface area (Å²) < 4.78 is 54.2. The molecule has 3 aromatic rings. The number of benzene rings is 3. The zero-order valence-corrected chi connectivity index (χ0v) is 19.1. The molecule has 0 saturated carbocycles. The van der Waals surface area contributed by atoms with E-state index in [1.807, 2.05) is 0 Å². The molecule has 9 heteroatoms. The van der Waals surface area contributed by atoms with E-state index in [0.717, 1.165) is 11.8 Å². The Hall–Kier alpha value is -3.30. The van der Waals surface area contributed by atoms with Gasteiger partial charge < -0.3 is 14.2 Å². The van der Waals surface area contributed by atoms with E-state index in [9.17, 15) is 27.1 Å². The van der Waals surface area contributed by atoms with Crippen LogP contribution in [0.25, 0.3) is 0 Å². The minimum atomic E-state index is -3.68. The summed E-state index contributed by atoms with van der Waals surface area (Å²) in [5.41, 5.74) is 1.83. The third kappa shape index (κ3) is 5.26. The summed E-state index contributed by atoms with van der Waals surface area (Å²) in [5, 5.41) is 10.5. The van der Waals surface area contributed by atoms with Gasteiger partial charge in [0.1, 0.15) is 17.4 Å². The van der Waals surface area contributed by atoms with Gasteiger partial charge in [0.25, 0.3) is 0 Å². The van der Waals surface area contributed by atoms with Gasteiger partial charge in [0, 0.05) is 5.69 Å². The van der Waals surface area contributed by atoms with Crippen molar-refractivity contribution < 1.29 is 31.3 Å². The van der Waals surface area contributed by atoms with Gasteiger partial charge in [-0.05, 0) is 72.5 Å². The number of β-lactam (4-membered cyclic amide) rings is 1. The van der Waals surface area contributed by atoms with Crippen molar-refractivity contribution in [2.45, 2.75) is 25.0 Å². The van der Waals surface area contributed by atoms with Gasteiger partial charge in [-0.25, -0.2) is 8.78 Å². The van der Waals surface area contributed by atoms with Crippen molar-refractivity contribution in [1.82, 2.24) is 0 Å². The molecule has 1 N–H and O–H groups in total. The van der Waals surface area contributed by atoms with Crippen LogP contribution in [0.4, 0.5) is 14.5 Å². The summed E-state index contributed by atoms with van der Waals surface area (Å²) in [7, 11) is -3.68. The number of rotatable bonds is 8. The fourth-order valence-electron chi connectivity index (χ4n) is 4.19. The van der Waals surface area contributed by atoms with Crippen LogP contribution in [0.1, 0.15) is 36.1 Å². The molecule has 1 fully saturated rings. The maximum absolute atomic E-state index is 13.4. The molecule has 0 radical (unpaired) electrons. The Kier molecular flexibility index (Phi) is 6.67. The van der Waals surface area contributed by atoms with Gasteiger partial charge in [0.05, 0.1) is 24.3 Å². The van der Waals surface area contributed by atoms with E-state index in [1.54, 1.807) is 17.0 Å². The molecule has 0 bridgehead atoms. The number of hydrogen-bond donors (Lipinski definition) is 1. The Morgan fingerprint density at radius 3 is 2.06 bits per heavy atom. The van der Waals surface area contributed by atoms with E-state index in [4.69, 9.17) is 4.18 Å². The first kappa shape index (κ1) is 23.8. The van der Waals surface area contributed by atoms with Crippen LogP contribution in [0.2, 0.25) is 0 Å². The number of nitrogens with zero attached hydrogens (tertiary/aromatic N) is 1. The smallest absolute Gasteiger partial charge is 0.306 e. The van der Waals surface area contributed by atoms with Crippen molar-refractivity contribution in [3.8, 4) is 5.75 Å². The molecule has 3 atom stereocenters. The summed E-state index contributed by atoms with van der Waals surface area (Å²) >= 11 is 0. The zero-order valence-electron chi connectivity index (χ0n) is 18.3. The number of hydrogen-bond acceptors (Lipinski definition) is 5. The summed E-state index contributed by atoms with van der Waals surface area (Å²) in [6, 6.07) is 17.1. The predicted octanol–water partition coefficient (Wildman–Crippen LogP) is 4.52. The Morgan fingerprint density at radius 2 is 1.50 bits per heavy atom. The van der Waals surface area contributed by atoms with Crippen molar-refractivity contribution >= 4 is 21.7 Å². The molecule has 3 aromatic carbocycles. The third-order valence-corrected chi connectivity index (χ3v) is 6.29. The number of carbonyl (C=O) groups excluding carboxylic acids is 1. The minimum Gasteiger partial charge on any atom is -0.388 e. The van der Waals surface area contributed by atoms with Crippen LogP contribution in [0.15, 0.2) is 72.8 Å². The number of aliphatic hydroxyl groups excluding tert-OH is 1. The number of carbonyl (C=O) groups is 1. The zero-order chi connectivity index (χ0) is 24.5. The van der Waals surface area contributed by atoms with Crippen LogP contribution in [-0.4, -0.2) is 25.7 Å². The monoisotopic (exact) mass is 487 g/mol. The van der Waals surface area contributed by atoms with Gasteiger partial charge in [-0.15, -0.1) is 0 Å². The van der Waals surface area contributed by atoms with Crippen molar-refractivity contribution in [2.24, 2.45) is 5.92 Å². The lowest BCUT2D eigenvalue weighted by atomic mass is 9.78. The first-order chi connectivity index (χ1) is 16.1. The lowest BCUT2D eigenvalue weighted by molar-refractivity contribution is -0.131. The largest absolute Gasteiger partial charge is 0.388 e. The molecule has 1 amide bonds. The minimum absolute atomic E-state index is 0.147. The summed E-state index contributed by atoms with van der Waals surface area (Å²) in [4.78, 5) is 14.6. The van der Waals surface area contributed by atoms with Crippen LogP contribution < -0.4 is 9.08 Å². The molecule has 0 aliphatic carbocycles. The summed E-state index contributed by atoms with van der Waals surface area (Å²) in [5.74, 6) is -1.30. The second-order valence-corrected chi connectivity index (χ2v) is 9.81. The predicted molar refractivity (Wildman–Crippen MR) is 123 cm³/mol. The highest BCUT2D eigenvalue weighted by atomic mass is 32.2. The highest BCUT2D eigenvalue weighted by molar-refractivity contribution is 7.86. The van der Waals surface area contributed by atoms with E-state index in [2.05, 4.69) is 0 Å². The highest BCUT2D eigenvalue weighted by Gasteiger charge is 2.48. The van der Waals surface area contributed by atoms with E-state index >= 15 is 0 Å². The van der Waals surface area contributed by atoms with Crippen molar-refractivity contribution in [2.75, 3.05) is 11.2 Å². The van der Waals surface area contributed by atoms with Crippen LogP contribution in [0.5, 0.6) is 5.75 Å². The van der Waals surface area contributed by atoms with Crippen LogP contribution in [0.3, 0.4) is 0 Å². The molecule has 1 aliphatic heterocycles. The van der Waals surface area contributed by atoms with Crippen molar-refractivity contribution in [3.05, 3.63) is 95.6 Å². The highest BCUT2D eigenvalue weighted by Crippen LogP contribution is 2.46. The summed E-state index contributed by atoms with van der Waals surface area (Å²) in [6.45, 7) is 0. The number of aliphatic hydroxyl groups is 1. The average Bonchev–Trinajstić information content (AvgIpc) is 2.79. The SMILES string of the molecule is CS(=O)(=O)Oc1ccc([C@@H]2[C@@H](CC[C@H](O)c3ccc(F)cc3)C(=O)N2c2ccc(F)cc2)cc1. The summed E-state index contributed by atoms with van der Waals surface area (Å²) in [6.07, 6.45) is 0.732. The van der Waals surface area contributed by atoms with Crippen molar-refractivity contribution in [3.63, 3.8) is 0 Å². The Morgan fingerprint density at radius 1 is 0.941 bits per heavy atom. The Bertz CT molecular complexity index is 1260. The first-order valence-electron chi connectivity index (χ1n) is 10.6. The number of halogens is 2. The lowest BCUT2D eigenvalue weighted by Crippen LogP contribution is -2.55. The van der Waals surface area contributed by atoms with Gasteiger partial charge in [-0.1, -0.05) is 24.3 Å².